The number of nitrogens with zero attached hydrogens (tertiary/aromatic N) is 3. The van der Waals surface area contributed by atoms with Gasteiger partial charge in [-0.2, -0.15) is 18.3 Å². The van der Waals surface area contributed by atoms with E-state index in [1.54, 1.807) is 0 Å². The molecule has 31 heavy (non-hydrogen) atoms. The van der Waals surface area contributed by atoms with Crippen LogP contribution < -0.4 is 0 Å². The maximum atomic E-state index is 13.6. The first-order chi connectivity index (χ1) is 14.6. The van der Waals surface area contributed by atoms with E-state index in [2.05, 4.69) is 9.84 Å². The Labute approximate surface area is 174 Å². The normalized spacial score (nSPS) is 11.6. The number of carbonyl (C=O) groups is 2. The summed E-state index contributed by atoms with van der Waals surface area (Å²) in [6.07, 6.45) is -6.93. The smallest absolute Gasteiger partial charge is 0.434 e. The highest BCUT2D eigenvalue weighted by Gasteiger charge is 2.41. The Morgan fingerprint density at radius 3 is 2.35 bits per heavy atom. The molecule has 7 nitrogen and oxygen atoms in total. The maximum Gasteiger partial charge on any atom is 0.434 e. The highest BCUT2D eigenvalue weighted by molar-refractivity contribution is 5.94. The van der Waals surface area contributed by atoms with Crippen molar-refractivity contribution in [3.05, 3.63) is 47.3 Å². The van der Waals surface area contributed by atoms with Crippen LogP contribution in [0.1, 0.15) is 33.3 Å². The summed E-state index contributed by atoms with van der Waals surface area (Å²) in [6.45, 7) is 0.479. The lowest BCUT2D eigenvalue weighted by Crippen LogP contribution is -2.37. The van der Waals surface area contributed by atoms with E-state index in [0.29, 0.717) is 4.68 Å². The molecule has 12 heteroatoms. The Hall–Kier alpha value is -3.02. The highest BCUT2D eigenvalue weighted by atomic mass is 19.4. The molecule has 1 amide bonds. The van der Waals surface area contributed by atoms with Crippen LogP contribution in [-0.4, -0.2) is 66.4 Å². The third-order valence-electron chi connectivity index (χ3n) is 4.10. The van der Waals surface area contributed by atoms with Crippen LogP contribution in [0.3, 0.4) is 0 Å². The molecular weight excluding hydrogens is 429 g/mol. The summed E-state index contributed by atoms with van der Waals surface area (Å²) in [4.78, 5) is 25.2. The van der Waals surface area contributed by atoms with Crippen LogP contribution in [0.15, 0.2) is 30.5 Å². The van der Waals surface area contributed by atoms with Crippen LogP contribution in [0.2, 0.25) is 0 Å². The second-order valence-electron chi connectivity index (χ2n) is 6.22. The van der Waals surface area contributed by atoms with E-state index in [1.165, 1.54) is 38.3 Å². The molecule has 2 rings (SSSR count). The van der Waals surface area contributed by atoms with Crippen LogP contribution >= 0.6 is 0 Å². The number of aromatic nitrogens is 2. The molecule has 170 valence electrons. The number of esters is 1. The van der Waals surface area contributed by atoms with Gasteiger partial charge in [0.05, 0.1) is 31.6 Å². The van der Waals surface area contributed by atoms with Crippen LogP contribution in [0.5, 0.6) is 0 Å². The van der Waals surface area contributed by atoms with E-state index in [0.717, 1.165) is 11.1 Å². The lowest BCUT2D eigenvalue weighted by atomic mass is 10.1. The summed E-state index contributed by atoms with van der Waals surface area (Å²) < 4.78 is 76.2. The predicted molar refractivity (Wildman–Crippen MR) is 98.3 cm³/mol. The van der Waals surface area contributed by atoms with E-state index in [9.17, 15) is 31.5 Å². The van der Waals surface area contributed by atoms with Crippen LogP contribution in [0.25, 0.3) is 5.69 Å². The lowest BCUT2D eigenvalue weighted by molar-refractivity contribution is -0.143. The molecule has 0 N–H and O–H groups in total. The van der Waals surface area contributed by atoms with Crippen molar-refractivity contribution in [3.63, 3.8) is 0 Å². The number of ether oxygens (including phenoxy) is 2. The van der Waals surface area contributed by atoms with Gasteiger partial charge in [-0.1, -0.05) is 0 Å². The molecule has 0 aliphatic rings. The van der Waals surface area contributed by atoms with E-state index < -0.39 is 42.3 Å². The number of benzene rings is 1. The molecule has 0 spiro atoms. The fraction of sp³-hybridized carbons (Fsp3) is 0.421. The minimum atomic E-state index is -4.92. The standard InChI is InChI=1S/C19H20F5N3O4/c1-3-31-18(29)14-10-25-27(16(14)19(22,23)24)13-6-4-12(5-7-13)17(28)26(8-9-30-2)11-15(20)21/h4-7,10,15H,3,8-9,11H2,1-2H3. The zero-order valence-electron chi connectivity index (χ0n) is 16.7. The Morgan fingerprint density at radius 1 is 1.19 bits per heavy atom. The van der Waals surface area contributed by atoms with Gasteiger partial charge >= 0.3 is 12.1 Å². The Bertz CT molecular complexity index is 897. The first-order valence-corrected chi connectivity index (χ1v) is 9.09. The van der Waals surface area contributed by atoms with Crippen molar-refractivity contribution in [2.75, 3.05) is 33.4 Å². The molecule has 0 saturated carbocycles. The van der Waals surface area contributed by atoms with Crippen LogP contribution in [0.4, 0.5) is 22.0 Å². The number of carbonyl (C=O) groups excluding carboxylic acids is 2. The predicted octanol–water partition coefficient (Wildman–Crippen LogP) is 3.42. The lowest BCUT2D eigenvalue weighted by Gasteiger charge is -2.22. The number of amides is 1. The molecule has 0 aliphatic heterocycles. The second-order valence-corrected chi connectivity index (χ2v) is 6.22. The first-order valence-electron chi connectivity index (χ1n) is 9.09. The molecule has 0 atom stereocenters. The Morgan fingerprint density at radius 2 is 1.84 bits per heavy atom. The molecule has 0 bridgehead atoms. The summed E-state index contributed by atoms with van der Waals surface area (Å²) in [6, 6.07) is 4.71. The van der Waals surface area contributed by atoms with Gasteiger partial charge < -0.3 is 14.4 Å². The minimum absolute atomic E-state index is 0.00756. The number of halogens is 5. The van der Waals surface area contributed by atoms with Crippen LogP contribution in [-0.2, 0) is 15.7 Å². The van der Waals surface area contributed by atoms with E-state index in [1.807, 2.05) is 0 Å². The summed E-state index contributed by atoms with van der Waals surface area (Å²) in [5, 5.41) is 3.63. The van der Waals surface area contributed by atoms with Gasteiger partial charge in [0.2, 0.25) is 0 Å². The molecular formula is C19H20F5N3O4. The van der Waals surface area contributed by atoms with Gasteiger partial charge in [0, 0.05) is 19.2 Å². The quantitative estimate of drug-likeness (QED) is 0.433. The van der Waals surface area contributed by atoms with Crippen LogP contribution in [0, 0.1) is 0 Å². The molecule has 0 radical (unpaired) electrons. The maximum absolute atomic E-state index is 13.6. The van der Waals surface area contributed by atoms with Crippen molar-refractivity contribution < 1.29 is 41.0 Å². The SMILES string of the molecule is CCOC(=O)c1cnn(-c2ccc(C(=O)N(CCOC)CC(F)F)cc2)c1C(F)(F)F. The number of hydrogen-bond acceptors (Lipinski definition) is 5. The third-order valence-corrected chi connectivity index (χ3v) is 4.10. The molecule has 1 heterocycles. The zero-order valence-corrected chi connectivity index (χ0v) is 16.7. The summed E-state index contributed by atoms with van der Waals surface area (Å²) >= 11 is 0. The monoisotopic (exact) mass is 449 g/mol. The molecule has 0 saturated heterocycles. The molecule has 1 aromatic carbocycles. The number of alkyl halides is 5. The largest absolute Gasteiger partial charge is 0.462 e. The highest BCUT2D eigenvalue weighted by Crippen LogP contribution is 2.34. The summed E-state index contributed by atoms with van der Waals surface area (Å²) in [5.41, 5.74) is -2.18. The minimum Gasteiger partial charge on any atom is -0.462 e. The second kappa shape index (κ2) is 10.3. The Kier molecular flexibility index (Phi) is 8.08. The van der Waals surface area contributed by atoms with Gasteiger partial charge in [-0.05, 0) is 31.2 Å². The topological polar surface area (TPSA) is 73.7 Å². The van der Waals surface area contributed by atoms with Crippen molar-refractivity contribution in [2.45, 2.75) is 19.5 Å². The van der Waals surface area contributed by atoms with E-state index >= 15 is 0 Å². The average Bonchev–Trinajstić information content (AvgIpc) is 3.16. The number of hydrogen-bond donors (Lipinski definition) is 0. The van der Waals surface area contributed by atoms with Crippen molar-refractivity contribution in [2.24, 2.45) is 0 Å². The van der Waals surface area contributed by atoms with Gasteiger partial charge in [-0.15, -0.1) is 0 Å². The fourth-order valence-electron chi connectivity index (χ4n) is 2.75. The van der Waals surface area contributed by atoms with E-state index in [4.69, 9.17) is 4.74 Å². The van der Waals surface area contributed by atoms with Gasteiger partial charge in [0.1, 0.15) is 5.56 Å². The van der Waals surface area contributed by atoms with Crippen molar-refractivity contribution >= 4 is 11.9 Å². The number of methoxy groups -OCH3 is 1. The zero-order chi connectivity index (χ0) is 23.2. The van der Waals surface area contributed by atoms with Gasteiger partial charge in [0.25, 0.3) is 12.3 Å². The molecule has 2 aromatic rings. The fourth-order valence-corrected chi connectivity index (χ4v) is 2.75. The Balaban J connectivity index is 2.36. The third kappa shape index (κ3) is 6.00. The van der Waals surface area contributed by atoms with Gasteiger partial charge in [-0.25, -0.2) is 18.3 Å². The van der Waals surface area contributed by atoms with Gasteiger partial charge in [-0.3, -0.25) is 4.79 Å². The molecule has 0 unspecified atom stereocenters. The number of rotatable bonds is 9. The molecule has 0 fully saturated rings. The molecule has 0 aliphatic carbocycles. The summed E-state index contributed by atoms with van der Waals surface area (Å²) in [5.74, 6) is -1.90. The van der Waals surface area contributed by atoms with Gasteiger partial charge in [0.15, 0.2) is 5.69 Å². The van der Waals surface area contributed by atoms with Crippen molar-refractivity contribution in [1.29, 1.82) is 0 Å². The van der Waals surface area contributed by atoms with E-state index in [-0.39, 0.29) is 31.0 Å². The van der Waals surface area contributed by atoms with Crippen molar-refractivity contribution in [1.82, 2.24) is 14.7 Å². The molecule has 1 aromatic heterocycles. The summed E-state index contributed by atoms with van der Waals surface area (Å²) in [7, 11) is 1.35. The average molecular weight is 449 g/mol. The van der Waals surface area contributed by atoms with Crippen molar-refractivity contribution in [3.8, 4) is 5.69 Å². The first kappa shape index (κ1) is 24.3.